The summed E-state index contributed by atoms with van der Waals surface area (Å²) in [5, 5.41) is 13.7. The maximum absolute atomic E-state index is 12.7. The fourth-order valence-corrected chi connectivity index (χ4v) is 3.15. The first-order valence-electron chi connectivity index (χ1n) is 7.98. The highest BCUT2D eigenvalue weighted by Gasteiger charge is 2.33. The third-order valence-electron chi connectivity index (χ3n) is 4.26. The lowest BCUT2D eigenvalue weighted by molar-refractivity contribution is 0.145. The molecule has 0 fully saturated rings. The fourth-order valence-electron chi connectivity index (χ4n) is 3.15. The van der Waals surface area contributed by atoms with Gasteiger partial charge in [0.05, 0.1) is 35.7 Å². The molecule has 4 heterocycles. The van der Waals surface area contributed by atoms with Gasteiger partial charge >= 0.3 is 6.03 Å². The molecule has 0 bridgehead atoms. The smallest absolute Gasteiger partial charge is 0.306 e. The van der Waals surface area contributed by atoms with Crippen LogP contribution in [0.15, 0.2) is 24.7 Å². The van der Waals surface area contributed by atoms with E-state index in [1.807, 2.05) is 20.0 Å². The van der Waals surface area contributed by atoms with Gasteiger partial charge in [-0.2, -0.15) is 10.2 Å². The molecular weight excluding hydrogens is 344 g/mol. The van der Waals surface area contributed by atoms with Crippen LogP contribution < -0.4 is 10.2 Å². The Morgan fingerprint density at radius 1 is 1.38 bits per heavy atom. The van der Waals surface area contributed by atoms with Crippen LogP contribution in [0.5, 0.6) is 0 Å². The van der Waals surface area contributed by atoms with Gasteiger partial charge in [-0.15, -0.1) is 5.10 Å². The molecule has 134 valence electrons. The third-order valence-corrected chi connectivity index (χ3v) is 4.26. The van der Waals surface area contributed by atoms with E-state index in [4.69, 9.17) is 0 Å². The molecule has 0 spiro atoms. The van der Waals surface area contributed by atoms with E-state index >= 15 is 0 Å². The molecule has 2 amide bonds. The zero-order chi connectivity index (χ0) is 18.4. The number of halogens is 2. The average molecular weight is 359 g/mol. The molecule has 1 atom stereocenters. The molecule has 1 N–H and O–H groups in total. The van der Waals surface area contributed by atoms with Crippen LogP contribution in [0.1, 0.15) is 36.2 Å². The minimum Gasteiger partial charge on any atom is -0.306 e. The van der Waals surface area contributed by atoms with Crippen molar-refractivity contribution in [2.24, 2.45) is 0 Å². The summed E-state index contributed by atoms with van der Waals surface area (Å²) in [6, 6.07) is 0.660. The third kappa shape index (κ3) is 2.63. The molecule has 0 aromatic carbocycles. The lowest BCUT2D eigenvalue weighted by Gasteiger charge is -2.18. The summed E-state index contributed by atoms with van der Waals surface area (Å²) in [5.74, 6) is 0.0650. The van der Waals surface area contributed by atoms with Crippen molar-refractivity contribution in [1.82, 2.24) is 24.8 Å². The number of carbonyl (C=O) groups excluding carboxylic acids is 1. The van der Waals surface area contributed by atoms with E-state index in [1.165, 1.54) is 11.1 Å². The number of imidazole rings is 1. The van der Waals surface area contributed by atoms with Crippen molar-refractivity contribution >= 4 is 23.1 Å². The van der Waals surface area contributed by atoms with E-state index in [0.717, 1.165) is 17.3 Å². The quantitative estimate of drug-likeness (QED) is 0.760. The van der Waals surface area contributed by atoms with Gasteiger partial charge in [0.1, 0.15) is 5.69 Å². The monoisotopic (exact) mass is 359 g/mol. The number of rotatable bonds is 2. The van der Waals surface area contributed by atoms with E-state index in [-0.39, 0.29) is 11.6 Å². The lowest BCUT2D eigenvalue weighted by Crippen LogP contribution is -2.34. The first-order valence-corrected chi connectivity index (χ1v) is 7.98. The maximum atomic E-state index is 12.7. The van der Waals surface area contributed by atoms with E-state index in [1.54, 1.807) is 10.7 Å². The molecule has 3 aromatic rings. The van der Waals surface area contributed by atoms with Gasteiger partial charge in [0, 0.05) is 18.0 Å². The zero-order valence-corrected chi connectivity index (χ0v) is 14.0. The van der Waals surface area contributed by atoms with Crippen LogP contribution in [0.2, 0.25) is 0 Å². The standard InChI is InChI=1S/C16H15F2N7O/c1-8-6-24(12-5-20-25-7-9(2)21-15(25)13(8)12)16(26)22-10-3-11(14(17)18)23-19-4-10/h3-5,7-8,14H,6H2,1-2H3,(H,22,23,26). The highest BCUT2D eigenvalue weighted by Crippen LogP contribution is 2.38. The van der Waals surface area contributed by atoms with Crippen molar-refractivity contribution in [2.45, 2.75) is 26.2 Å². The topological polar surface area (TPSA) is 88.3 Å². The summed E-state index contributed by atoms with van der Waals surface area (Å²) in [6.07, 6.45) is 1.90. The summed E-state index contributed by atoms with van der Waals surface area (Å²) in [7, 11) is 0. The number of hydrogen-bond donors (Lipinski definition) is 1. The molecule has 1 aliphatic heterocycles. The number of fused-ring (bicyclic) bond motifs is 3. The van der Waals surface area contributed by atoms with Crippen LogP contribution in [0.25, 0.3) is 5.65 Å². The molecular formula is C16H15F2N7O. The summed E-state index contributed by atoms with van der Waals surface area (Å²) < 4.78 is 27.2. The first kappa shape index (κ1) is 16.3. The van der Waals surface area contributed by atoms with Gasteiger partial charge in [-0.05, 0) is 13.0 Å². The Balaban J connectivity index is 1.65. The van der Waals surface area contributed by atoms with E-state index in [0.29, 0.717) is 17.9 Å². The van der Waals surface area contributed by atoms with Crippen LogP contribution in [0, 0.1) is 6.92 Å². The Bertz CT molecular complexity index is 1000. The number of nitrogens with one attached hydrogen (secondary N) is 1. The Labute approximate surface area is 146 Å². The Morgan fingerprint density at radius 2 is 2.19 bits per heavy atom. The Morgan fingerprint density at radius 3 is 2.96 bits per heavy atom. The maximum Gasteiger partial charge on any atom is 0.326 e. The van der Waals surface area contributed by atoms with Crippen LogP contribution in [0.3, 0.4) is 0 Å². The van der Waals surface area contributed by atoms with Gasteiger partial charge in [-0.1, -0.05) is 6.92 Å². The second kappa shape index (κ2) is 5.97. The van der Waals surface area contributed by atoms with Gasteiger partial charge in [0.2, 0.25) is 0 Å². The van der Waals surface area contributed by atoms with Gasteiger partial charge < -0.3 is 5.32 Å². The second-order valence-electron chi connectivity index (χ2n) is 6.21. The van der Waals surface area contributed by atoms with Crippen molar-refractivity contribution in [3.8, 4) is 0 Å². The van der Waals surface area contributed by atoms with Crippen LogP contribution in [-0.4, -0.2) is 37.4 Å². The van der Waals surface area contributed by atoms with Crippen molar-refractivity contribution in [1.29, 1.82) is 0 Å². The Hall–Kier alpha value is -3.17. The summed E-state index contributed by atoms with van der Waals surface area (Å²) >= 11 is 0. The van der Waals surface area contributed by atoms with Crippen molar-refractivity contribution < 1.29 is 13.6 Å². The zero-order valence-electron chi connectivity index (χ0n) is 14.0. The molecule has 0 saturated heterocycles. The van der Waals surface area contributed by atoms with Crippen LogP contribution in [-0.2, 0) is 0 Å². The lowest BCUT2D eigenvalue weighted by atomic mass is 10.1. The van der Waals surface area contributed by atoms with Gasteiger partial charge in [0.15, 0.2) is 5.65 Å². The predicted molar refractivity (Wildman–Crippen MR) is 89.5 cm³/mol. The van der Waals surface area contributed by atoms with Crippen molar-refractivity contribution in [3.05, 3.63) is 41.6 Å². The van der Waals surface area contributed by atoms with Gasteiger partial charge in [0.25, 0.3) is 6.43 Å². The van der Waals surface area contributed by atoms with E-state index < -0.39 is 18.2 Å². The molecule has 4 rings (SSSR count). The summed E-state index contributed by atoms with van der Waals surface area (Å²) in [5.41, 5.74) is 2.81. The van der Waals surface area contributed by atoms with Crippen molar-refractivity contribution in [3.63, 3.8) is 0 Å². The van der Waals surface area contributed by atoms with Gasteiger partial charge in [-0.3, -0.25) is 4.90 Å². The minimum atomic E-state index is -2.76. The molecule has 0 saturated carbocycles. The first-order chi connectivity index (χ1) is 12.4. The molecule has 26 heavy (non-hydrogen) atoms. The second-order valence-corrected chi connectivity index (χ2v) is 6.21. The SMILES string of the molecule is Cc1cn2ncc3c(c2n1)C(C)CN3C(=O)Nc1cnnc(C(F)F)c1. The highest BCUT2D eigenvalue weighted by atomic mass is 19.3. The number of urea groups is 1. The number of aryl methyl sites for hydroxylation is 1. The number of aromatic nitrogens is 5. The number of hydrogen-bond acceptors (Lipinski definition) is 5. The number of alkyl halides is 2. The minimum absolute atomic E-state index is 0.0650. The average Bonchev–Trinajstić information content (AvgIpc) is 3.14. The molecule has 1 unspecified atom stereocenters. The summed E-state index contributed by atoms with van der Waals surface area (Å²) in [6.45, 7) is 4.32. The van der Waals surface area contributed by atoms with Crippen LogP contribution >= 0.6 is 0 Å². The highest BCUT2D eigenvalue weighted by molar-refractivity contribution is 6.03. The van der Waals surface area contributed by atoms with E-state index in [2.05, 4.69) is 25.6 Å². The molecule has 1 aliphatic rings. The molecule has 3 aromatic heterocycles. The number of amides is 2. The van der Waals surface area contributed by atoms with Gasteiger partial charge in [-0.25, -0.2) is 23.1 Å². The van der Waals surface area contributed by atoms with Crippen LogP contribution in [0.4, 0.5) is 25.0 Å². The molecule has 10 heteroatoms. The number of nitrogens with zero attached hydrogens (tertiary/aromatic N) is 6. The molecule has 0 aliphatic carbocycles. The largest absolute Gasteiger partial charge is 0.326 e. The number of anilines is 2. The number of carbonyl (C=O) groups is 1. The predicted octanol–water partition coefficient (Wildman–Crippen LogP) is 2.92. The normalized spacial score (nSPS) is 16.3. The fraction of sp³-hybridized carbons (Fsp3) is 0.312. The van der Waals surface area contributed by atoms with Crippen molar-refractivity contribution in [2.75, 3.05) is 16.8 Å². The summed E-state index contributed by atoms with van der Waals surface area (Å²) in [4.78, 5) is 18.7. The Kier molecular flexibility index (Phi) is 3.74. The molecule has 8 nitrogen and oxygen atoms in total. The van der Waals surface area contributed by atoms with E-state index in [9.17, 15) is 13.6 Å². The molecule has 0 radical (unpaired) electrons.